The summed E-state index contributed by atoms with van der Waals surface area (Å²) in [6.07, 6.45) is 2.10. The Hall–Kier alpha value is -0.670. The molecule has 0 atom stereocenters. The van der Waals surface area contributed by atoms with Gasteiger partial charge in [0.15, 0.2) is 0 Å². The molecule has 0 saturated heterocycles. The highest BCUT2D eigenvalue weighted by Crippen LogP contribution is 2.25. The predicted molar refractivity (Wildman–Crippen MR) is 81.8 cm³/mol. The van der Waals surface area contributed by atoms with E-state index >= 15 is 0 Å². The molecule has 0 aliphatic carbocycles. The maximum atomic E-state index is 5.85. The van der Waals surface area contributed by atoms with Gasteiger partial charge in [-0.2, -0.15) is 11.8 Å². The van der Waals surface area contributed by atoms with E-state index in [4.69, 9.17) is 4.74 Å². The van der Waals surface area contributed by atoms with Gasteiger partial charge in [-0.15, -0.1) is 0 Å². The zero-order valence-electron chi connectivity index (χ0n) is 12.2. The summed E-state index contributed by atoms with van der Waals surface area (Å²) in [6.45, 7) is 10.3. The first kappa shape index (κ1) is 15.4. The minimum absolute atomic E-state index is 0.517. The lowest BCUT2D eigenvalue weighted by atomic mass is 10.1. The second kappa shape index (κ2) is 7.70. The molecule has 0 aromatic heterocycles. The Kier molecular flexibility index (Phi) is 6.58. The second-order valence-electron chi connectivity index (χ2n) is 4.94. The number of hydrogen-bond acceptors (Lipinski definition) is 3. The Labute approximate surface area is 116 Å². The first-order valence-electron chi connectivity index (χ1n) is 6.49. The molecule has 1 aromatic rings. The fourth-order valence-corrected chi connectivity index (χ4v) is 2.17. The van der Waals surface area contributed by atoms with Crippen molar-refractivity contribution in [1.82, 2.24) is 5.32 Å². The maximum Gasteiger partial charge on any atom is 0.125 e. The highest BCUT2D eigenvalue weighted by atomic mass is 32.2. The van der Waals surface area contributed by atoms with Gasteiger partial charge in [0.25, 0.3) is 0 Å². The van der Waals surface area contributed by atoms with E-state index in [2.05, 4.69) is 51.4 Å². The molecule has 0 aliphatic heterocycles. The van der Waals surface area contributed by atoms with Crippen molar-refractivity contribution in [2.75, 3.05) is 18.6 Å². The zero-order valence-corrected chi connectivity index (χ0v) is 13.0. The van der Waals surface area contributed by atoms with Gasteiger partial charge in [-0.05, 0) is 36.8 Å². The fourth-order valence-electron chi connectivity index (χ4n) is 1.92. The van der Waals surface area contributed by atoms with Gasteiger partial charge in [0, 0.05) is 18.3 Å². The normalized spacial score (nSPS) is 11.0. The van der Waals surface area contributed by atoms with E-state index in [0.717, 1.165) is 24.7 Å². The maximum absolute atomic E-state index is 5.85. The van der Waals surface area contributed by atoms with E-state index in [0.29, 0.717) is 6.04 Å². The minimum atomic E-state index is 0.517. The molecule has 3 heteroatoms. The SMILES string of the molecule is CSCCOc1c(C)cc(CNC(C)C)cc1C. The molecule has 2 nitrogen and oxygen atoms in total. The molecule has 0 fully saturated rings. The van der Waals surface area contributed by atoms with Gasteiger partial charge in [-0.1, -0.05) is 26.0 Å². The first-order chi connectivity index (χ1) is 8.54. The Morgan fingerprint density at radius 1 is 1.22 bits per heavy atom. The molecule has 0 saturated carbocycles. The third-order valence-electron chi connectivity index (χ3n) is 2.77. The van der Waals surface area contributed by atoms with E-state index in [-0.39, 0.29) is 0 Å². The summed E-state index contributed by atoms with van der Waals surface area (Å²) in [6, 6.07) is 4.95. The topological polar surface area (TPSA) is 21.3 Å². The van der Waals surface area contributed by atoms with Gasteiger partial charge in [-0.3, -0.25) is 0 Å². The lowest BCUT2D eigenvalue weighted by molar-refractivity contribution is 0.339. The van der Waals surface area contributed by atoms with Crippen molar-refractivity contribution >= 4 is 11.8 Å². The Morgan fingerprint density at radius 2 is 1.83 bits per heavy atom. The van der Waals surface area contributed by atoms with Crippen LogP contribution in [-0.4, -0.2) is 24.7 Å². The van der Waals surface area contributed by atoms with Crippen molar-refractivity contribution in [1.29, 1.82) is 0 Å². The monoisotopic (exact) mass is 267 g/mol. The molecule has 0 aliphatic rings. The van der Waals surface area contributed by atoms with Crippen LogP contribution in [0, 0.1) is 13.8 Å². The number of rotatable bonds is 7. The van der Waals surface area contributed by atoms with Gasteiger partial charge in [0.1, 0.15) is 5.75 Å². The number of hydrogen-bond donors (Lipinski definition) is 1. The standard InChI is InChI=1S/C15H25NOS/c1-11(2)16-10-14-8-12(3)15(13(4)9-14)17-6-7-18-5/h8-9,11,16H,6-7,10H2,1-5H3. The molecule has 0 radical (unpaired) electrons. The molecule has 0 bridgehead atoms. The van der Waals surface area contributed by atoms with Crippen molar-refractivity contribution in [3.63, 3.8) is 0 Å². The van der Waals surface area contributed by atoms with Crippen LogP contribution in [0.4, 0.5) is 0 Å². The Morgan fingerprint density at radius 3 is 2.33 bits per heavy atom. The Bertz CT molecular complexity index is 354. The molecule has 18 heavy (non-hydrogen) atoms. The average Bonchev–Trinajstić information content (AvgIpc) is 2.30. The number of aryl methyl sites for hydroxylation is 2. The van der Waals surface area contributed by atoms with E-state index in [9.17, 15) is 0 Å². The summed E-state index contributed by atoms with van der Waals surface area (Å²) < 4.78 is 5.85. The molecule has 1 aromatic carbocycles. The highest BCUT2D eigenvalue weighted by Gasteiger charge is 2.06. The van der Waals surface area contributed by atoms with Crippen LogP contribution in [-0.2, 0) is 6.54 Å². The molecule has 1 rings (SSSR count). The summed E-state index contributed by atoms with van der Waals surface area (Å²) in [5.74, 6) is 2.09. The number of thioether (sulfide) groups is 1. The van der Waals surface area contributed by atoms with Crippen molar-refractivity contribution in [3.8, 4) is 5.75 Å². The van der Waals surface area contributed by atoms with Crippen molar-refractivity contribution < 1.29 is 4.74 Å². The van der Waals surface area contributed by atoms with Crippen molar-refractivity contribution in [2.45, 2.75) is 40.3 Å². The van der Waals surface area contributed by atoms with E-state index < -0.39 is 0 Å². The van der Waals surface area contributed by atoms with E-state index in [1.54, 1.807) is 0 Å². The van der Waals surface area contributed by atoms with Gasteiger partial charge >= 0.3 is 0 Å². The van der Waals surface area contributed by atoms with Crippen molar-refractivity contribution in [2.24, 2.45) is 0 Å². The molecule has 0 unspecified atom stereocenters. The third-order valence-corrected chi connectivity index (χ3v) is 3.34. The summed E-state index contributed by atoms with van der Waals surface area (Å²) in [7, 11) is 0. The third kappa shape index (κ3) is 4.91. The molecule has 1 N–H and O–H groups in total. The van der Waals surface area contributed by atoms with Crippen LogP contribution in [0.2, 0.25) is 0 Å². The van der Waals surface area contributed by atoms with Gasteiger partial charge in [0.05, 0.1) is 6.61 Å². The van der Waals surface area contributed by atoms with Crippen molar-refractivity contribution in [3.05, 3.63) is 28.8 Å². The Balaban J connectivity index is 2.71. The average molecular weight is 267 g/mol. The number of nitrogens with one attached hydrogen (secondary N) is 1. The smallest absolute Gasteiger partial charge is 0.125 e. The number of benzene rings is 1. The van der Waals surface area contributed by atoms with Gasteiger partial charge in [0.2, 0.25) is 0 Å². The molecule has 0 spiro atoms. The molecular formula is C15H25NOS. The summed E-state index contributed by atoms with van der Waals surface area (Å²) in [5.41, 5.74) is 3.80. The van der Waals surface area contributed by atoms with Crippen LogP contribution in [0.5, 0.6) is 5.75 Å². The van der Waals surface area contributed by atoms with Crippen LogP contribution in [0.3, 0.4) is 0 Å². The second-order valence-corrected chi connectivity index (χ2v) is 5.92. The fraction of sp³-hybridized carbons (Fsp3) is 0.600. The molecule has 0 amide bonds. The summed E-state index contributed by atoms with van der Waals surface area (Å²) in [5, 5.41) is 3.44. The van der Waals surface area contributed by atoms with Gasteiger partial charge < -0.3 is 10.1 Å². The predicted octanol–water partition coefficient (Wildman–Crippen LogP) is 3.54. The first-order valence-corrected chi connectivity index (χ1v) is 7.89. The zero-order chi connectivity index (χ0) is 13.5. The molecule has 102 valence electrons. The van der Waals surface area contributed by atoms with Gasteiger partial charge in [-0.25, -0.2) is 0 Å². The van der Waals surface area contributed by atoms with Crippen LogP contribution in [0.1, 0.15) is 30.5 Å². The summed E-state index contributed by atoms with van der Waals surface area (Å²) >= 11 is 1.81. The quantitative estimate of drug-likeness (QED) is 0.764. The van der Waals surface area contributed by atoms with Crippen LogP contribution in [0.15, 0.2) is 12.1 Å². The van der Waals surface area contributed by atoms with E-state index in [1.165, 1.54) is 16.7 Å². The number of ether oxygens (including phenoxy) is 1. The van der Waals surface area contributed by atoms with Crippen LogP contribution in [0.25, 0.3) is 0 Å². The van der Waals surface area contributed by atoms with E-state index in [1.807, 2.05) is 11.8 Å². The minimum Gasteiger partial charge on any atom is -0.492 e. The highest BCUT2D eigenvalue weighted by molar-refractivity contribution is 7.98. The summed E-state index contributed by atoms with van der Waals surface area (Å²) in [4.78, 5) is 0. The largest absolute Gasteiger partial charge is 0.492 e. The van der Waals surface area contributed by atoms with Crippen LogP contribution >= 0.6 is 11.8 Å². The molecular weight excluding hydrogens is 242 g/mol. The lowest BCUT2D eigenvalue weighted by Gasteiger charge is -2.15. The molecule has 0 heterocycles. The lowest BCUT2D eigenvalue weighted by Crippen LogP contribution is -2.22. The van der Waals surface area contributed by atoms with Crippen LogP contribution < -0.4 is 10.1 Å².